The molecule has 0 radical (unpaired) electrons. The molecule has 0 saturated carbocycles. The van der Waals surface area contributed by atoms with Crippen LogP contribution in [0.25, 0.3) is 10.8 Å². The van der Waals surface area contributed by atoms with E-state index in [0.29, 0.717) is 29.4 Å². The van der Waals surface area contributed by atoms with Crippen LogP contribution in [0.15, 0.2) is 36.4 Å². The van der Waals surface area contributed by atoms with Crippen molar-refractivity contribution in [2.75, 3.05) is 32.8 Å². The van der Waals surface area contributed by atoms with E-state index >= 15 is 0 Å². The number of amides is 1. The molecule has 128 valence electrons. The van der Waals surface area contributed by atoms with Gasteiger partial charge in [-0.15, -0.1) is 0 Å². The molecule has 2 aromatic rings. The fourth-order valence-corrected chi connectivity index (χ4v) is 3.41. The van der Waals surface area contributed by atoms with Crippen molar-refractivity contribution in [2.45, 2.75) is 19.4 Å². The molecule has 1 saturated heterocycles. The van der Waals surface area contributed by atoms with Crippen LogP contribution < -0.4 is 0 Å². The molecule has 5 heteroatoms. The number of benzene rings is 2. The number of nitrogens with zero attached hydrogens (tertiary/aromatic N) is 2. The molecule has 1 atom stereocenters. The number of hydrogen-bond acceptors (Lipinski definition) is 3. The summed E-state index contributed by atoms with van der Waals surface area (Å²) in [5, 5.41) is 10.6. The summed E-state index contributed by atoms with van der Waals surface area (Å²) in [5.41, 5.74) is 0.551. The van der Waals surface area contributed by atoms with E-state index in [0.717, 1.165) is 19.5 Å². The number of piperazine rings is 1. The molecule has 4 nitrogen and oxygen atoms in total. The smallest absolute Gasteiger partial charge is 0.254 e. The van der Waals surface area contributed by atoms with Gasteiger partial charge in [-0.05, 0) is 23.9 Å². The van der Waals surface area contributed by atoms with Crippen molar-refractivity contribution in [1.82, 2.24) is 9.80 Å². The molecule has 2 aromatic carbocycles. The second kappa shape index (κ2) is 7.28. The second-order valence-corrected chi connectivity index (χ2v) is 6.21. The van der Waals surface area contributed by atoms with Crippen molar-refractivity contribution < 1.29 is 14.3 Å². The highest BCUT2D eigenvalue weighted by Gasteiger charge is 2.26. The van der Waals surface area contributed by atoms with Crippen LogP contribution in [0.2, 0.25) is 0 Å². The van der Waals surface area contributed by atoms with Gasteiger partial charge in [0.25, 0.3) is 5.91 Å². The summed E-state index contributed by atoms with van der Waals surface area (Å²) in [6.07, 6.45) is 0.896. The lowest BCUT2D eigenvalue weighted by Gasteiger charge is -2.38. The van der Waals surface area contributed by atoms with Gasteiger partial charge in [0, 0.05) is 43.2 Å². The number of fused-ring (bicyclic) bond motifs is 1. The first-order valence-corrected chi connectivity index (χ1v) is 8.47. The number of rotatable bonds is 4. The van der Waals surface area contributed by atoms with E-state index in [2.05, 4.69) is 11.8 Å². The van der Waals surface area contributed by atoms with E-state index in [1.54, 1.807) is 24.3 Å². The molecule has 1 aliphatic rings. The highest BCUT2D eigenvalue weighted by Crippen LogP contribution is 2.23. The summed E-state index contributed by atoms with van der Waals surface area (Å²) in [6, 6.07) is 10.2. The Morgan fingerprint density at radius 2 is 1.79 bits per heavy atom. The Hall–Kier alpha value is -1.98. The maximum absolute atomic E-state index is 13.9. The monoisotopic (exact) mass is 330 g/mol. The van der Waals surface area contributed by atoms with Crippen LogP contribution in [-0.2, 0) is 0 Å². The number of aliphatic hydroxyl groups excluding tert-OH is 1. The minimum Gasteiger partial charge on any atom is -0.395 e. The third-order valence-corrected chi connectivity index (χ3v) is 4.90. The lowest BCUT2D eigenvalue weighted by molar-refractivity contribution is 0.0474. The summed E-state index contributed by atoms with van der Waals surface area (Å²) in [4.78, 5) is 16.9. The third kappa shape index (κ3) is 3.14. The van der Waals surface area contributed by atoms with Gasteiger partial charge in [0.15, 0.2) is 0 Å². The van der Waals surface area contributed by atoms with Crippen LogP contribution >= 0.6 is 0 Å². The van der Waals surface area contributed by atoms with Gasteiger partial charge in [-0.3, -0.25) is 9.69 Å². The summed E-state index contributed by atoms with van der Waals surface area (Å²) in [6.45, 7) is 4.96. The van der Waals surface area contributed by atoms with E-state index in [9.17, 15) is 14.3 Å². The van der Waals surface area contributed by atoms with Crippen molar-refractivity contribution in [2.24, 2.45) is 0 Å². The number of carbonyl (C=O) groups is 1. The highest BCUT2D eigenvalue weighted by molar-refractivity contribution is 6.07. The molecule has 0 unspecified atom stereocenters. The summed E-state index contributed by atoms with van der Waals surface area (Å²) < 4.78 is 13.9. The Balaban J connectivity index is 1.78. The molecule has 0 bridgehead atoms. The molecular weight excluding hydrogens is 307 g/mol. The first kappa shape index (κ1) is 16.9. The predicted octanol–water partition coefficient (Wildman–Crippen LogP) is 2.51. The molecule has 1 N–H and O–H groups in total. The normalized spacial score (nSPS) is 17.2. The van der Waals surface area contributed by atoms with Crippen LogP contribution in [0.3, 0.4) is 0 Å². The molecule has 0 aromatic heterocycles. The Kier molecular flexibility index (Phi) is 5.11. The van der Waals surface area contributed by atoms with Crippen LogP contribution in [0.4, 0.5) is 4.39 Å². The minimum absolute atomic E-state index is 0.0529. The lowest BCUT2D eigenvalue weighted by atomic mass is 10.0. The van der Waals surface area contributed by atoms with E-state index in [-0.39, 0.29) is 24.4 Å². The first-order chi connectivity index (χ1) is 11.7. The van der Waals surface area contributed by atoms with Crippen LogP contribution in [0, 0.1) is 5.82 Å². The second-order valence-electron chi connectivity index (χ2n) is 6.21. The van der Waals surface area contributed by atoms with Crippen molar-refractivity contribution in [3.8, 4) is 0 Å². The molecule has 1 fully saturated rings. The van der Waals surface area contributed by atoms with Gasteiger partial charge in [-0.2, -0.15) is 0 Å². The van der Waals surface area contributed by atoms with Gasteiger partial charge >= 0.3 is 0 Å². The Morgan fingerprint density at radius 3 is 2.42 bits per heavy atom. The molecule has 1 heterocycles. The van der Waals surface area contributed by atoms with Gasteiger partial charge in [-0.25, -0.2) is 4.39 Å². The van der Waals surface area contributed by atoms with E-state index in [1.165, 1.54) is 6.07 Å². The highest BCUT2D eigenvalue weighted by atomic mass is 19.1. The van der Waals surface area contributed by atoms with Crippen LogP contribution in [0.1, 0.15) is 23.7 Å². The van der Waals surface area contributed by atoms with Crippen molar-refractivity contribution in [1.29, 1.82) is 0 Å². The zero-order chi connectivity index (χ0) is 17.1. The molecule has 3 rings (SSSR count). The molecule has 0 aliphatic carbocycles. The van der Waals surface area contributed by atoms with E-state index in [4.69, 9.17) is 0 Å². The standard InChI is InChI=1S/C19H23FN2O2/c1-2-14(13-23)21-9-11-22(12-10-21)19(24)17-7-8-18(20)16-6-4-3-5-15(16)17/h3-8,14,23H,2,9-13H2,1H3/t14-/m1/s1. The zero-order valence-corrected chi connectivity index (χ0v) is 13.9. The van der Waals surface area contributed by atoms with Gasteiger partial charge in [0.1, 0.15) is 5.82 Å². The first-order valence-electron chi connectivity index (χ1n) is 8.47. The molecule has 0 spiro atoms. The molecule has 1 amide bonds. The number of carbonyl (C=O) groups excluding carboxylic acids is 1. The Morgan fingerprint density at radius 1 is 1.12 bits per heavy atom. The summed E-state index contributed by atoms with van der Waals surface area (Å²) >= 11 is 0. The fraction of sp³-hybridized carbons (Fsp3) is 0.421. The largest absolute Gasteiger partial charge is 0.395 e. The number of hydrogen-bond donors (Lipinski definition) is 1. The Bertz CT molecular complexity index is 722. The van der Waals surface area contributed by atoms with Crippen LogP contribution in [0.5, 0.6) is 0 Å². The topological polar surface area (TPSA) is 43.8 Å². The van der Waals surface area contributed by atoms with Gasteiger partial charge in [0.05, 0.1) is 6.61 Å². The predicted molar refractivity (Wildman–Crippen MR) is 92.5 cm³/mol. The average molecular weight is 330 g/mol. The number of halogens is 1. The Labute approximate surface area is 141 Å². The molecule has 24 heavy (non-hydrogen) atoms. The number of aliphatic hydroxyl groups is 1. The van der Waals surface area contributed by atoms with Crippen molar-refractivity contribution >= 4 is 16.7 Å². The fourth-order valence-electron chi connectivity index (χ4n) is 3.41. The van der Waals surface area contributed by atoms with Crippen molar-refractivity contribution in [3.63, 3.8) is 0 Å². The molecule has 1 aliphatic heterocycles. The van der Waals surface area contributed by atoms with E-state index < -0.39 is 0 Å². The maximum Gasteiger partial charge on any atom is 0.254 e. The SMILES string of the molecule is CC[C@H](CO)N1CCN(C(=O)c2ccc(F)c3ccccc23)CC1. The zero-order valence-electron chi connectivity index (χ0n) is 13.9. The van der Waals surface area contributed by atoms with Gasteiger partial charge in [0.2, 0.25) is 0 Å². The minimum atomic E-state index is -0.305. The van der Waals surface area contributed by atoms with Gasteiger partial charge < -0.3 is 10.0 Å². The quantitative estimate of drug-likeness (QED) is 0.937. The van der Waals surface area contributed by atoms with Crippen molar-refractivity contribution in [3.05, 3.63) is 47.8 Å². The summed E-state index contributed by atoms with van der Waals surface area (Å²) in [7, 11) is 0. The summed E-state index contributed by atoms with van der Waals surface area (Å²) in [5.74, 6) is -0.358. The lowest BCUT2D eigenvalue weighted by Crippen LogP contribution is -2.52. The van der Waals surface area contributed by atoms with Gasteiger partial charge in [-0.1, -0.05) is 31.2 Å². The maximum atomic E-state index is 13.9. The van der Waals surface area contributed by atoms with E-state index in [1.807, 2.05) is 11.0 Å². The third-order valence-electron chi connectivity index (χ3n) is 4.90. The average Bonchev–Trinajstić information content (AvgIpc) is 2.63. The van der Waals surface area contributed by atoms with Crippen LogP contribution in [-0.4, -0.2) is 59.6 Å². The molecular formula is C19H23FN2O2.